The summed E-state index contributed by atoms with van der Waals surface area (Å²) in [4.78, 5) is 0. The molecule has 5 unspecified atom stereocenters. The van der Waals surface area contributed by atoms with Crippen LogP contribution in [0.1, 0.15) is 57.6 Å². The first-order valence-electron chi connectivity index (χ1n) is 13.3. The maximum absolute atomic E-state index is 2.71. The van der Waals surface area contributed by atoms with Gasteiger partial charge in [-0.2, -0.15) is 5.92 Å². The Labute approximate surface area is 251 Å². The molecule has 2 fully saturated rings. The van der Waals surface area contributed by atoms with Gasteiger partial charge in [-0.3, -0.25) is 0 Å². The van der Waals surface area contributed by atoms with Crippen LogP contribution in [0.25, 0.3) is 0 Å². The van der Waals surface area contributed by atoms with Crippen molar-refractivity contribution in [2.24, 2.45) is 29.6 Å². The second-order valence-electron chi connectivity index (χ2n) is 10.7. The SMILES string of the molecule is CC1=C(C)C(C)=C(C2CCCC3C4C=CC=CC4[CH-]C23)C1.[Cl-].[Cl-].[Zr+2]=[C](c1ccccc1)c1ccccc1. The van der Waals surface area contributed by atoms with Crippen molar-refractivity contribution in [1.29, 1.82) is 0 Å². The molecule has 0 nitrogen and oxygen atoms in total. The molecule has 6 rings (SSSR count). The number of hydrogen-bond acceptors (Lipinski definition) is 0. The minimum absolute atomic E-state index is 0. The average Bonchev–Trinajstić information content (AvgIpc) is 3.42. The van der Waals surface area contributed by atoms with E-state index in [-0.39, 0.29) is 24.8 Å². The monoisotopic (exact) mass is 605 g/mol. The third-order valence-corrected chi connectivity index (χ3v) is 10.3. The average molecular weight is 608 g/mol. The van der Waals surface area contributed by atoms with Crippen LogP contribution >= 0.6 is 0 Å². The molecule has 0 bridgehead atoms. The van der Waals surface area contributed by atoms with Crippen molar-refractivity contribution in [3.63, 3.8) is 0 Å². The molecule has 5 atom stereocenters. The van der Waals surface area contributed by atoms with Gasteiger partial charge < -0.3 is 31.2 Å². The van der Waals surface area contributed by atoms with Crippen LogP contribution in [0, 0.1) is 36.0 Å². The van der Waals surface area contributed by atoms with Crippen LogP contribution in [0.5, 0.6) is 0 Å². The molecule has 37 heavy (non-hydrogen) atoms. The van der Waals surface area contributed by atoms with Gasteiger partial charge in [0.05, 0.1) is 0 Å². The Morgan fingerprint density at radius 2 is 1.38 bits per heavy atom. The Morgan fingerprint density at radius 1 is 0.784 bits per heavy atom. The minimum atomic E-state index is 0. The molecule has 0 N–H and O–H groups in total. The van der Waals surface area contributed by atoms with Crippen molar-refractivity contribution < 1.29 is 49.0 Å². The first kappa shape index (κ1) is 30.3. The number of hydrogen-bond donors (Lipinski definition) is 0. The van der Waals surface area contributed by atoms with Gasteiger partial charge >= 0.3 is 99.2 Å². The van der Waals surface area contributed by atoms with E-state index in [0.717, 1.165) is 23.7 Å². The summed E-state index contributed by atoms with van der Waals surface area (Å²) in [5.41, 5.74) is 9.24. The molecule has 2 saturated carbocycles. The fourth-order valence-electron chi connectivity index (χ4n) is 6.81. The number of rotatable bonds is 3. The Bertz CT molecular complexity index is 1150. The van der Waals surface area contributed by atoms with Crippen molar-refractivity contribution in [2.45, 2.75) is 46.5 Å². The van der Waals surface area contributed by atoms with Crippen molar-refractivity contribution in [1.82, 2.24) is 0 Å². The topological polar surface area (TPSA) is 0 Å². The fourth-order valence-corrected chi connectivity index (χ4v) is 7.62. The van der Waals surface area contributed by atoms with Crippen LogP contribution in [0.3, 0.4) is 0 Å². The summed E-state index contributed by atoms with van der Waals surface area (Å²) in [6.45, 7) is 7.02. The van der Waals surface area contributed by atoms with E-state index in [9.17, 15) is 0 Å². The zero-order valence-electron chi connectivity index (χ0n) is 22.1. The third kappa shape index (κ3) is 6.49. The molecule has 0 radical (unpaired) electrons. The van der Waals surface area contributed by atoms with Crippen molar-refractivity contribution >= 4 is 3.21 Å². The summed E-state index contributed by atoms with van der Waals surface area (Å²) in [6, 6.07) is 21.1. The molecule has 0 aromatic heterocycles. The third-order valence-electron chi connectivity index (χ3n) is 8.89. The summed E-state index contributed by atoms with van der Waals surface area (Å²) >= 11 is 1.46. The molecule has 4 aliphatic carbocycles. The number of benzene rings is 2. The molecular formula is C34H37Cl2Zr-. The molecule has 0 aliphatic heterocycles. The molecule has 192 valence electrons. The zero-order chi connectivity index (χ0) is 24.4. The van der Waals surface area contributed by atoms with Gasteiger partial charge in [0.1, 0.15) is 0 Å². The van der Waals surface area contributed by atoms with Gasteiger partial charge in [0.2, 0.25) is 0 Å². The van der Waals surface area contributed by atoms with Gasteiger partial charge in [0.15, 0.2) is 0 Å². The van der Waals surface area contributed by atoms with Crippen molar-refractivity contribution in [2.75, 3.05) is 0 Å². The predicted octanol–water partition coefficient (Wildman–Crippen LogP) is 2.46. The van der Waals surface area contributed by atoms with Gasteiger partial charge in [-0.05, 0) is 56.6 Å². The normalized spacial score (nSPS) is 27.4. The second kappa shape index (κ2) is 13.7. The molecule has 0 saturated heterocycles. The van der Waals surface area contributed by atoms with Crippen LogP contribution in [-0.2, 0) is 24.2 Å². The van der Waals surface area contributed by atoms with Crippen molar-refractivity contribution in [3.8, 4) is 0 Å². The van der Waals surface area contributed by atoms with Gasteiger partial charge in [0.25, 0.3) is 0 Å². The summed E-state index contributed by atoms with van der Waals surface area (Å²) in [5, 5.41) is 0. The molecule has 2 aromatic rings. The first-order valence-corrected chi connectivity index (χ1v) is 14.5. The molecule has 2 aromatic carbocycles. The van der Waals surface area contributed by atoms with E-state index < -0.39 is 0 Å². The Hall–Kier alpha value is -1.27. The van der Waals surface area contributed by atoms with Gasteiger partial charge in [-0.1, -0.05) is 48.1 Å². The summed E-state index contributed by atoms with van der Waals surface area (Å²) in [6.07, 6.45) is 17.7. The van der Waals surface area contributed by atoms with Crippen LogP contribution in [0.4, 0.5) is 0 Å². The van der Waals surface area contributed by atoms with E-state index in [0.29, 0.717) is 5.92 Å². The van der Waals surface area contributed by atoms with Gasteiger partial charge in [0, 0.05) is 0 Å². The van der Waals surface area contributed by atoms with Gasteiger partial charge in [-0.15, -0.1) is 12.0 Å². The Morgan fingerprint density at radius 3 is 1.95 bits per heavy atom. The molecule has 3 heteroatoms. The predicted molar refractivity (Wildman–Crippen MR) is 146 cm³/mol. The van der Waals surface area contributed by atoms with Crippen LogP contribution in [0.2, 0.25) is 0 Å². The van der Waals surface area contributed by atoms with E-state index >= 15 is 0 Å². The molecule has 4 aliphatic rings. The number of fused-ring (bicyclic) bond motifs is 3. The quantitative estimate of drug-likeness (QED) is 0.471. The van der Waals surface area contributed by atoms with E-state index in [1.165, 1.54) is 64.3 Å². The zero-order valence-corrected chi connectivity index (χ0v) is 26.1. The Balaban J connectivity index is 0.000000210. The van der Waals surface area contributed by atoms with Crippen LogP contribution in [0.15, 0.2) is 107 Å². The molecular weight excluding hydrogens is 571 g/mol. The molecule has 0 heterocycles. The summed E-state index contributed by atoms with van der Waals surface area (Å²) in [7, 11) is 0. The second-order valence-corrected chi connectivity index (χ2v) is 12.0. The van der Waals surface area contributed by atoms with E-state index in [1.54, 1.807) is 22.3 Å². The van der Waals surface area contributed by atoms with E-state index in [1.807, 2.05) is 0 Å². The Kier molecular flexibility index (Phi) is 11.2. The summed E-state index contributed by atoms with van der Waals surface area (Å²) in [5.74, 6) is 4.05. The van der Waals surface area contributed by atoms with Crippen LogP contribution in [-0.4, -0.2) is 3.21 Å². The fraction of sp³-hybridized carbons (Fsp3) is 0.353. The van der Waals surface area contributed by atoms with E-state index in [2.05, 4.69) is 112 Å². The van der Waals surface area contributed by atoms with E-state index in [4.69, 9.17) is 0 Å². The van der Waals surface area contributed by atoms with Crippen molar-refractivity contribution in [3.05, 3.63) is 125 Å². The number of allylic oxidation sites excluding steroid dienone is 8. The maximum atomic E-state index is 2.71. The van der Waals surface area contributed by atoms with Gasteiger partial charge in [-0.25, -0.2) is 0 Å². The van der Waals surface area contributed by atoms with Crippen LogP contribution < -0.4 is 24.8 Å². The number of halogens is 2. The summed E-state index contributed by atoms with van der Waals surface area (Å²) < 4.78 is 1.42. The standard InChI is InChI=1S/C21H27.C13H10.2ClH.Zr/c1-13-11-20(15(3)14(13)2)19-10-6-9-18-17-8-5-4-7-16(17)12-21(18)19;1-3-7-12(8-4-1)11-13-9-5-2-6-10-13;;;/h4-5,7-8,12,16-19,21H,6,9-11H2,1-3H3;1-10H;2*1H;/q-1;;;;+2/p-2. The first-order chi connectivity index (χ1) is 17.0. The molecule has 0 spiro atoms. The molecule has 0 amide bonds.